The Bertz CT molecular complexity index is 1340. The molecule has 1 aliphatic rings. The Kier molecular flexibility index (Phi) is 7.16. The molecule has 0 bridgehead atoms. The second-order valence-electron chi connectivity index (χ2n) is 9.31. The number of aromatic nitrogens is 1. The zero-order valence-electron chi connectivity index (χ0n) is 20.5. The Labute approximate surface area is 216 Å². The van der Waals surface area contributed by atoms with Crippen LogP contribution in [0.3, 0.4) is 0 Å². The standard InChI is InChI=1S/C29H30ClN3O3/c1-32(2)16-6-18-35-22-12-9-20(10-13-22)28-27-24(25-19-21(30)11-14-26(25)31-27)15-17-33(28)29(34)36-23-7-4-3-5-8-23/h3-5,7-14,19,28,31H,6,15-18H2,1-2H3. The van der Waals surface area contributed by atoms with E-state index in [0.717, 1.165) is 40.9 Å². The molecule has 3 aromatic carbocycles. The van der Waals surface area contributed by atoms with E-state index in [9.17, 15) is 4.79 Å². The monoisotopic (exact) mass is 503 g/mol. The summed E-state index contributed by atoms with van der Waals surface area (Å²) in [4.78, 5) is 20.9. The highest BCUT2D eigenvalue weighted by molar-refractivity contribution is 6.31. The number of H-pyrrole nitrogens is 1. The number of nitrogens with zero attached hydrogens (tertiary/aromatic N) is 2. The largest absolute Gasteiger partial charge is 0.494 e. The molecule has 0 spiro atoms. The molecule has 7 heteroatoms. The van der Waals surface area contributed by atoms with Crippen LogP contribution < -0.4 is 9.47 Å². The molecular formula is C29H30ClN3O3. The van der Waals surface area contributed by atoms with E-state index in [-0.39, 0.29) is 12.1 Å². The normalized spacial score (nSPS) is 15.2. The maximum atomic E-state index is 13.4. The van der Waals surface area contributed by atoms with Gasteiger partial charge >= 0.3 is 6.09 Å². The fourth-order valence-electron chi connectivity index (χ4n) is 4.77. The molecular weight excluding hydrogens is 474 g/mol. The molecule has 1 N–H and O–H groups in total. The van der Waals surface area contributed by atoms with Crippen molar-refractivity contribution in [2.45, 2.75) is 18.9 Å². The number of halogens is 1. The first-order valence-corrected chi connectivity index (χ1v) is 12.6. The van der Waals surface area contributed by atoms with Gasteiger partial charge in [-0.1, -0.05) is 41.9 Å². The van der Waals surface area contributed by atoms with Gasteiger partial charge in [0, 0.05) is 34.7 Å². The van der Waals surface area contributed by atoms with Crippen LogP contribution in [0.1, 0.15) is 29.3 Å². The van der Waals surface area contributed by atoms with Crippen LogP contribution in [-0.4, -0.2) is 54.7 Å². The summed E-state index contributed by atoms with van der Waals surface area (Å²) in [5.41, 5.74) is 4.17. The van der Waals surface area contributed by atoms with Crippen molar-refractivity contribution >= 4 is 28.6 Å². The second-order valence-corrected chi connectivity index (χ2v) is 9.74. The Morgan fingerprint density at radius 1 is 1.06 bits per heavy atom. The van der Waals surface area contributed by atoms with Gasteiger partial charge in [-0.3, -0.25) is 4.90 Å². The third kappa shape index (κ3) is 5.20. The van der Waals surface area contributed by atoms with E-state index in [1.54, 1.807) is 17.0 Å². The number of nitrogens with one attached hydrogen (secondary N) is 1. The first kappa shape index (κ1) is 24.2. The fraction of sp³-hybridized carbons (Fsp3) is 0.276. The van der Waals surface area contributed by atoms with Crippen molar-refractivity contribution in [3.63, 3.8) is 0 Å². The minimum atomic E-state index is -0.377. The number of fused-ring (bicyclic) bond motifs is 3. The summed E-state index contributed by atoms with van der Waals surface area (Å²) < 4.78 is 11.7. The maximum absolute atomic E-state index is 13.4. The number of ether oxygens (including phenoxy) is 2. The fourth-order valence-corrected chi connectivity index (χ4v) is 4.94. The number of para-hydroxylation sites is 1. The highest BCUT2D eigenvalue weighted by Gasteiger charge is 2.35. The molecule has 0 aliphatic carbocycles. The molecule has 1 atom stereocenters. The van der Waals surface area contributed by atoms with E-state index in [0.29, 0.717) is 30.3 Å². The molecule has 36 heavy (non-hydrogen) atoms. The lowest BCUT2D eigenvalue weighted by Gasteiger charge is -2.35. The smallest absolute Gasteiger partial charge is 0.416 e. The minimum Gasteiger partial charge on any atom is -0.494 e. The SMILES string of the molecule is CN(C)CCCOc1ccc(C2c3[nH]c4ccc(Cl)cc4c3CCN2C(=O)Oc2ccccc2)cc1. The van der Waals surface area contributed by atoms with Crippen molar-refractivity contribution in [3.05, 3.63) is 94.6 Å². The topological polar surface area (TPSA) is 57.8 Å². The molecule has 0 radical (unpaired) electrons. The molecule has 4 aromatic rings. The minimum absolute atomic E-state index is 0.320. The maximum Gasteiger partial charge on any atom is 0.416 e. The third-order valence-corrected chi connectivity index (χ3v) is 6.72. The average Bonchev–Trinajstić information content (AvgIpc) is 3.25. The molecule has 2 heterocycles. The zero-order valence-corrected chi connectivity index (χ0v) is 21.3. The lowest BCUT2D eigenvalue weighted by molar-refractivity contribution is 0.135. The number of benzene rings is 3. The second kappa shape index (κ2) is 10.6. The van der Waals surface area contributed by atoms with Gasteiger partial charge in [0.2, 0.25) is 0 Å². The van der Waals surface area contributed by atoms with Crippen LogP contribution in [0.25, 0.3) is 10.9 Å². The Morgan fingerprint density at radius 3 is 2.58 bits per heavy atom. The quantitative estimate of drug-likeness (QED) is 0.301. The van der Waals surface area contributed by atoms with Gasteiger partial charge in [0.15, 0.2) is 0 Å². The van der Waals surface area contributed by atoms with Crippen LogP contribution in [0.5, 0.6) is 11.5 Å². The van der Waals surface area contributed by atoms with Gasteiger partial charge in [-0.15, -0.1) is 0 Å². The van der Waals surface area contributed by atoms with E-state index in [2.05, 4.69) is 24.0 Å². The first-order chi connectivity index (χ1) is 17.5. The van der Waals surface area contributed by atoms with E-state index in [4.69, 9.17) is 21.1 Å². The van der Waals surface area contributed by atoms with E-state index in [1.807, 2.05) is 60.7 Å². The van der Waals surface area contributed by atoms with Crippen molar-refractivity contribution in [3.8, 4) is 11.5 Å². The van der Waals surface area contributed by atoms with Crippen LogP contribution in [0.15, 0.2) is 72.8 Å². The van der Waals surface area contributed by atoms with Gasteiger partial charge in [-0.2, -0.15) is 0 Å². The van der Waals surface area contributed by atoms with Crippen molar-refractivity contribution in [1.82, 2.24) is 14.8 Å². The summed E-state index contributed by atoms with van der Waals surface area (Å²) in [6, 6.07) is 22.7. The van der Waals surface area contributed by atoms with Gasteiger partial charge in [0.25, 0.3) is 0 Å². The van der Waals surface area contributed by atoms with E-state index >= 15 is 0 Å². The summed E-state index contributed by atoms with van der Waals surface area (Å²) in [5, 5.41) is 1.79. The number of amides is 1. The summed E-state index contributed by atoms with van der Waals surface area (Å²) in [7, 11) is 4.11. The van der Waals surface area contributed by atoms with E-state index < -0.39 is 0 Å². The summed E-state index contributed by atoms with van der Waals surface area (Å²) in [5.74, 6) is 1.34. The van der Waals surface area contributed by atoms with Crippen LogP contribution in [0.2, 0.25) is 5.02 Å². The van der Waals surface area contributed by atoms with Crippen LogP contribution >= 0.6 is 11.6 Å². The summed E-state index contributed by atoms with van der Waals surface area (Å²) in [6.07, 6.45) is 1.29. The molecule has 186 valence electrons. The lowest BCUT2D eigenvalue weighted by Crippen LogP contribution is -2.42. The van der Waals surface area contributed by atoms with Crippen molar-refractivity contribution in [2.24, 2.45) is 0 Å². The predicted molar refractivity (Wildman–Crippen MR) is 143 cm³/mol. The molecule has 1 aliphatic heterocycles. The number of carbonyl (C=O) groups is 1. The van der Waals surface area contributed by atoms with E-state index in [1.165, 1.54) is 5.56 Å². The Morgan fingerprint density at radius 2 is 1.83 bits per heavy atom. The lowest BCUT2D eigenvalue weighted by atomic mass is 9.92. The molecule has 1 amide bonds. The number of hydrogen-bond acceptors (Lipinski definition) is 4. The average molecular weight is 504 g/mol. The zero-order chi connectivity index (χ0) is 25.1. The molecule has 0 saturated carbocycles. The highest BCUT2D eigenvalue weighted by Crippen LogP contribution is 2.40. The Hall–Kier alpha value is -3.48. The summed E-state index contributed by atoms with van der Waals surface area (Å²) >= 11 is 6.31. The van der Waals surface area contributed by atoms with Crippen LogP contribution in [-0.2, 0) is 6.42 Å². The van der Waals surface area contributed by atoms with Crippen molar-refractivity contribution in [1.29, 1.82) is 0 Å². The third-order valence-electron chi connectivity index (χ3n) is 6.49. The van der Waals surface area contributed by atoms with Crippen LogP contribution in [0.4, 0.5) is 4.79 Å². The molecule has 6 nitrogen and oxygen atoms in total. The molecule has 1 aromatic heterocycles. The number of rotatable bonds is 7. The van der Waals surface area contributed by atoms with Gasteiger partial charge in [0.1, 0.15) is 17.5 Å². The van der Waals surface area contributed by atoms with Gasteiger partial charge in [-0.25, -0.2) is 4.79 Å². The predicted octanol–water partition coefficient (Wildman–Crippen LogP) is 6.30. The Balaban J connectivity index is 1.45. The van der Waals surface area contributed by atoms with Crippen molar-refractivity contribution < 1.29 is 14.3 Å². The van der Waals surface area contributed by atoms with Gasteiger partial charge < -0.3 is 19.4 Å². The number of aromatic amines is 1. The first-order valence-electron chi connectivity index (χ1n) is 12.2. The van der Waals surface area contributed by atoms with Gasteiger partial charge in [0.05, 0.1) is 6.61 Å². The summed E-state index contributed by atoms with van der Waals surface area (Å²) in [6.45, 7) is 2.17. The number of hydrogen-bond donors (Lipinski definition) is 1. The highest BCUT2D eigenvalue weighted by atomic mass is 35.5. The van der Waals surface area contributed by atoms with Crippen LogP contribution in [0, 0.1) is 0 Å². The number of carbonyl (C=O) groups excluding carboxylic acids is 1. The molecule has 5 rings (SSSR count). The van der Waals surface area contributed by atoms with Gasteiger partial charge in [-0.05, 0) is 80.5 Å². The molecule has 0 saturated heterocycles. The molecule has 0 fully saturated rings. The van der Waals surface area contributed by atoms with Crippen molar-refractivity contribution in [2.75, 3.05) is 33.8 Å². The molecule has 1 unspecified atom stereocenters.